The van der Waals surface area contributed by atoms with Gasteiger partial charge in [-0.2, -0.15) is 0 Å². The monoisotopic (exact) mass is 394 g/mol. The smallest absolute Gasteiger partial charge is 0.202 e. The maximum absolute atomic E-state index is 13.3. The number of methoxy groups -OCH3 is 1. The fourth-order valence-electron chi connectivity index (χ4n) is 4.65. The van der Waals surface area contributed by atoms with Crippen LogP contribution in [0.15, 0.2) is 18.2 Å². The Kier molecular flexibility index (Phi) is 4.65. The molecule has 1 unspecified atom stereocenters. The quantitative estimate of drug-likeness (QED) is 0.519. The topological polar surface area (TPSA) is 101 Å². The number of hydrogen-bond acceptors (Lipinski definition) is 6. The van der Waals surface area contributed by atoms with Crippen LogP contribution in [-0.2, 0) is 11.2 Å². The maximum atomic E-state index is 13.3. The molecule has 0 bridgehead atoms. The van der Waals surface area contributed by atoms with Gasteiger partial charge in [0.2, 0.25) is 5.78 Å². The lowest BCUT2D eigenvalue weighted by Crippen LogP contribution is -2.23. The van der Waals surface area contributed by atoms with E-state index in [-0.39, 0.29) is 70.5 Å². The maximum Gasteiger partial charge on any atom is 0.202 e. The van der Waals surface area contributed by atoms with Crippen LogP contribution >= 0.6 is 0 Å². The number of phenols is 2. The van der Waals surface area contributed by atoms with E-state index in [4.69, 9.17) is 4.74 Å². The lowest BCUT2D eigenvalue weighted by Gasteiger charge is -2.26. The number of aromatic hydroxyl groups is 2. The molecule has 1 atom stereocenters. The van der Waals surface area contributed by atoms with Gasteiger partial charge in [-0.25, -0.2) is 0 Å². The van der Waals surface area contributed by atoms with Crippen molar-refractivity contribution in [1.82, 2.24) is 0 Å². The van der Waals surface area contributed by atoms with Crippen LogP contribution in [0.3, 0.4) is 0 Å². The van der Waals surface area contributed by atoms with Crippen LogP contribution in [0, 0.1) is 0 Å². The van der Waals surface area contributed by atoms with Gasteiger partial charge in [-0.1, -0.05) is 25.5 Å². The summed E-state index contributed by atoms with van der Waals surface area (Å²) in [6.45, 7) is 1.97. The number of phenolic OH excluding ortho intramolecular Hbond substituents is 2. The summed E-state index contributed by atoms with van der Waals surface area (Å²) in [6.07, 6.45) is 2.11. The standard InChI is InChI=1S/C23H22O6/c1-3-5-11-10-12(24)8-9-14-16(11)22(27)19-18(21(14)26)20(25)13-6-4-7-15(29-2)17(13)23(19)28/h4,6-7,11,26-27H,3,5,8-10H2,1-2H3. The summed E-state index contributed by atoms with van der Waals surface area (Å²) in [5.74, 6) is -1.71. The molecule has 0 radical (unpaired) electrons. The Morgan fingerprint density at radius 3 is 2.41 bits per heavy atom. The minimum atomic E-state index is -0.562. The minimum Gasteiger partial charge on any atom is -0.507 e. The highest BCUT2D eigenvalue weighted by Gasteiger charge is 2.41. The first kappa shape index (κ1) is 19.2. The van der Waals surface area contributed by atoms with Crippen LogP contribution in [-0.4, -0.2) is 34.7 Å². The van der Waals surface area contributed by atoms with Crippen molar-refractivity contribution < 1.29 is 29.3 Å². The van der Waals surface area contributed by atoms with Gasteiger partial charge in [0, 0.05) is 29.5 Å². The zero-order valence-electron chi connectivity index (χ0n) is 16.4. The summed E-state index contributed by atoms with van der Waals surface area (Å²) < 4.78 is 5.26. The van der Waals surface area contributed by atoms with Crippen molar-refractivity contribution >= 4 is 17.3 Å². The molecule has 2 N–H and O–H groups in total. The molecule has 0 aromatic heterocycles. The molecule has 6 heteroatoms. The largest absolute Gasteiger partial charge is 0.507 e. The number of rotatable bonds is 3. The van der Waals surface area contributed by atoms with E-state index in [0.717, 1.165) is 6.42 Å². The van der Waals surface area contributed by atoms with Crippen molar-refractivity contribution in [3.05, 3.63) is 51.6 Å². The van der Waals surface area contributed by atoms with Gasteiger partial charge in [-0.05, 0) is 24.8 Å². The molecule has 0 heterocycles. The number of carbonyl (C=O) groups is 3. The van der Waals surface area contributed by atoms with Crippen LogP contribution < -0.4 is 4.74 Å². The van der Waals surface area contributed by atoms with Crippen LogP contribution in [0.2, 0.25) is 0 Å². The highest BCUT2D eigenvalue weighted by Crippen LogP contribution is 2.49. The molecule has 2 aliphatic rings. The van der Waals surface area contributed by atoms with Gasteiger partial charge in [-0.3, -0.25) is 14.4 Å². The van der Waals surface area contributed by atoms with Gasteiger partial charge in [0.1, 0.15) is 23.0 Å². The average molecular weight is 394 g/mol. The molecule has 4 rings (SSSR count). The number of carbonyl (C=O) groups excluding carboxylic acids is 3. The molecule has 29 heavy (non-hydrogen) atoms. The molecule has 2 aromatic carbocycles. The summed E-state index contributed by atoms with van der Waals surface area (Å²) in [4.78, 5) is 38.8. The lowest BCUT2D eigenvalue weighted by atomic mass is 9.77. The molecule has 0 aliphatic heterocycles. The molecule has 2 aliphatic carbocycles. The average Bonchev–Trinajstić information content (AvgIpc) is 2.87. The Bertz CT molecular complexity index is 1070. The van der Waals surface area contributed by atoms with E-state index in [1.54, 1.807) is 12.1 Å². The van der Waals surface area contributed by atoms with Crippen LogP contribution in [0.5, 0.6) is 17.2 Å². The van der Waals surface area contributed by atoms with E-state index < -0.39 is 11.6 Å². The molecular weight excluding hydrogens is 372 g/mol. The van der Waals surface area contributed by atoms with Crippen molar-refractivity contribution in [3.8, 4) is 17.2 Å². The zero-order valence-corrected chi connectivity index (χ0v) is 16.4. The summed E-state index contributed by atoms with van der Waals surface area (Å²) in [5, 5.41) is 22.2. The van der Waals surface area contributed by atoms with Gasteiger partial charge in [0.15, 0.2) is 5.78 Å². The van der Waals surface area contributed by atoms with Crippen molar-refractivity contribution in [2.75, 3.05) is 7.11 Å². The summed E-state index contributed by atoms with van der Waals surface area (Å²) in [5.41, 5.74) is 0.659. The summed E-state index contributed by atoms with van der Waals surface area (Å²) in [6, 6.07) is 4.69. The van der Waals surface area contributed by atoms with Crippen molar-refractivity contribution in [2.45, 2.75) is 44.9 Å². The van der Waals surface area contributed by atoms with Crippen molar-refractivity contribution in [1.29, 1.82) is 0 Å². The van der Waals surface area contributed by atoms with E-state index in [2.05, 4.69) is 0 Å². The number of benzene rings is 2. The fourth-order valence-corrected chi connectivity index (χ4v) is 4.65. The SMILES string of the molecule is CCCC1CC(=O)CCc2c(O)c3c(c(O)c21)C(=O)c1c(OC)cccc1C3=O. The molecular formula is C23H22O6. The summed E-state index contributed by atoms with van der Waals surface area (Å²) >= 11 is 0. The number of fused-ring (bicyclic) bond motifs is 3. The second kappa shape index (κ2) is 7.03. The molecule has 6 nitrogen and oxygen atoms in total. The van der Waals surface area contributed by atoms with Crippen LogP contribution in [0.25, 0.3) is 0 Å². The molecule has 0 fully saturated rings. The Labute approximate surface area is 168 Å². The third-order valence-corrected chi connectivity index (χ3v) is 5.93. The van der Waals surface area contributed by atoms with E-state index in [9.17, 15) is 24.6 Å². The molecule has 2 aromatic rings. The van der Waals surface area contributed by atoms with E-state index in [1.165, 1.54) is 13.2 Å². The fraction of sp³-hybridized carbons (Fsp3) is 0.348. The Balaban J connectivity index is 2.04. The first-order chi connectivity index (χ1) is 13.9. The third kappa shape index (κ3) is 2.74. The summed E-state index contributed by atoms with van der Waals surface area (Å²) in [7, 11) is 1.40. The van der Waals surface area contributed by atoms with Crippen LogP contribution in [0.1, 0.15) is 81.5 Å². The molecule has 0 saturated carbocycles. The predicted octanol–water partition coefficient (Wildman–Crippen LogP) is 3.67. The predicted molar refractivity (Wildman–Crippen MR) is 105 cm³/mol. The lowest BCUT2D eigenvalue weighted by molar-refractivity contribution is -0.119. The van der Waals surface area contributed by atoms with E-state index >= 15 is 0 Å². The molecule has 150 valence electrons. The van der Waals surface area contributed by atoms with E-state index in [1.807, 2.05) is 6.92 Å². The number of ether oxygens (including phenoxy) is 1. The second-order valence-corrected chi connectivity index (χ2v) is 7.61. The van der Waals surface area contributed by atoms with Gasteiger partial charge < -0.3 is 14.9 Å². The molecule has 0 saturated heterocycles. The minimum absolute atomic E-state index is 0.0408. The number of Topliss-reactive ketones (excluding diaryl/α,β-unsaturated/α-hetero) is 1. The van der Waals surface area contributed by atoms with E-state index in [0.29, 0.717) is 17.5 Å². The third-order valence-electron chi connectivity index (χ3n) is 5.93. The van der Waals surface area contributed by atoms with Crippen LogP contribution in [0.4, 0.5) is 0 Å². The first-order valence-corrected chi connectivity index (χ1v) is 9.79. The van der Waals surface area contributed by atoms with Crippen molar-refractivity contribution in [2.24, 2.45) is 0 Å². The Morgan fingerprint density at radius 2 is 1.72 bits per heavy atom. The highest BCUT2D eigenvalue weighted by atomic mass is 16.5. The Morgan fingerprint density at radius 1 is 1.00 bits per heavy atom. The van der Waals surface area contributed by atoms with Gasteiger partial charge in [0.25, 0.3) is 0 Å². The highest BCUT2D eigenvalue weighted by molar-refractivity contribution is 6.31. The number of hydrogen-bond donors (Lipinski definition) is 2. The van der Waals surface area contributed by atoms with Crippen molar-refractivity contribution in [3.63, 3.8) is 0 Å². The van der Waals surface area contributed by atoms with Gasteiger partial charge in [-0.15, -0.1) is 0 Å². The van der Waals surface area contributed by atoms with Gasteiger partial charge in [0.05, 0.1) is 23.8 Å². The zero-order chi connectivity index (χ0) is 20.9. The van der Waals surface area contributed by atoms with Gasteiger partial charge >= 0.3 is 0 Å². The second-order valence-electron chi connectivity index (χ2n) is 7.61. The molecule has 0 amide bonds. The molecule has 0 spiro atoms. The Hall–Kier alpha value is -3.15. The normalized spacial score (nSPS) is 18.0. The number of ketones is 3. The first-order valence-electron chi connectivity index (χ1n) is 9.79.